The van der Waals surface area contributed by atoms with Crippen LogP contribution in [-0.4, -0.2) is 27.5 Å². The molecule has 0 saturated carbocycles. The van der Waals surface area contributed by atoms with Gasteiger partial charge in [0.1, 0.15) is 19.1 Å². The molecule has 0 spiro atoms. The van der Waals surface area contributed by atoms with E-state index in [9.17, 15) is 14.4 Å². The molecule has 3 aromatic rings. The maximum atomic E-state index is 13.2. The molecule has 1 aliphatic rings. The predicted octanol–water partition coefficient (Wildman–Crippen LogP) is 2.89. The molecule has 4 rings (SSSR count). The van der Waals surface area contributed by atoms with E-state index in [0.717, 1.165) is 15.7 Å². The molecule has 9 nitrogen and oxygen atoms in total. The zero-order valence-corrected chi connectivity index (χ0v) is 19.7. The molecule has 184 valence electrons. The quantitative estimate of drug-likeness (QED) is 0.435. The van der Waals surface area contributed by atoms with Crippen molar-refractivity contribution in [2.24, 2.45) is 0 Å². The van der Waals surface area contributed by atoms with Crippen LogP contribution in [0.1, 0.15) is 36.3 Å². The third-order valence-electron chi connectivity index (χ3n) is 5.63. The molecular weight excluding hydrogens is 452 g/mol. The summed E-state index contributed by atoms with van der Waals surface area (Å²) >= 11 is 0. The van der Waals surface area contributed by atoms with Crippen LogP contribution in [0.2, 0.25) is 0 Å². The number of nitrogens with zero attached hydrogens (tertiary/aromatic N) is 2. The Kier molecular flexibility index (Phi) is 7.91. The molecule has 0 aliphatic carbocycles. The number of rotatable bonds is 9. The fourth-order valence-electron chi connectivity index (χ4n) is 3.89. The molecule has 2 heterocycles. The number of benzene rings is 2. The van der Waals surface area contributed by atoms with E-state index < -0.39 is 35.8 Å². The van der Waals surface area contributed by atoms with Crippen LogP contribution >= 0.6 is 0 Å². The molecule has 0 N–H and O–H groups in total. The topological polar surface area (TPSA) is 98.0 Å². The minimum absolute atomic E-state index is 0.206. The van der Waals surface area contributed by atoms with Gasteiger partial charge in [-0.3, -0.25) is 14.2 Å². The lowest BCUT2D eigenvalue weighted by atomic mass is 10.2. The highest BCUT2D eigenvalue weighted by Gasteiger charge is 2.40. The molecule has 9 heteroatoms. The second-order valence-electron chi connectivity index (χ2n) is 8.34. The number of ether oxygens (including phenoxy) is 4. The highest BCUT2D eigenvalue weighted by atomic mass is 16.7. The first-order chi connectivity index (χ1) is 16.9. The SMILES string of the molecule is CC(=O)O[C@H]1O[C@@H](n2cc(C)c(=O)n(COCc3ccccc3)c2=O)C[C@@H]1OCc1ccccc1. The van der Waals surface area contributed by atoms with E-state index in [-0.39, 0.29) is 19.8 Å². The Morgan fingerprint density at radius 2 is 1.63 bits per heavy atom. The van der Waals surface area contributed by atoms with Crippen LogP contribution in [0.5, 0.6) is 0 Å². The predicted molar refractivity (Wildman–Crippen MR) is 126 cm³/mol. The summed E-state index contributed by atoms with van der Waals surface area (Å²) in [6.07, 6.45) is -0.651. The van der Waals surface area contributed by atoms with Crippen LogP contribution in [0.15, 0.2) is 76.4 Å². The maximum absolute atomic E-state index is 13.2. The zero-order chi connectivity index (χ0) is 24.8. The summed E-state index contributed by atoms with van der Waals surface area (Å²) < 4.78 is 25.2. The van der Waals surface area contributed by atoms with Gasteiger partial charge in [0.15, 0.2) is 0 Å². The highest BCUT2D eigenvalue weighted by molar-refractivity contribution is 5.66. The smallest absolute Gasteiger partial charge is 0.335 e. The van der Waals surface area contributed by atoms with Gasteiger partial charge in [0.05, 0.1) is 13.2 Å². The Labute approximate surface area is 202 Å². The average Bonchev–Trinajstić information content (AvgIpc) is 3.25. The standard InChI is InChI=1S/C26H28N2O7/c1-18-14-27(26(31)28(24(18)30)17-32-15-20-9-5-3-6-10-20)23-13-22(25(35-23)34-19(2)29)33-16-21-11-7-4-8-12-21/h3-12,14,22-23,25H,13,15-17H2,1-2H3/t22-,23+,25-/m0/s1. The Balaban J connectivity index is 1.51. The minimum Gasteiger partial charge on any atom is -0.433 e. The van der Waals surface area contributed by atoms with Crippen molar-refractivity contribution < 1.29 is 23.7 Å². The molecule has 1 saturated heterocycles. The number of esters is 1. The monoisotopic (exact) mass is 480 g/mol. The van der Waals surface area contributed by atoms with Crippen molar-refractivity contribution in [1.29, 1.82) is 0 Å². The fourth-order valence-corrected chi connectivity index (χ4v) is 3.89. The number of aromatic nitrogens is 2. The lowest BCUT2D eigenvalue weighted by molar-refractivity contribution is -0.197. The van der Waals surface area contributed by atoms with Crippen molar-refractivity contribution >= 4 is 5.97 Å². The van der Waals surface area contributed by atoms with E-state index >= 15 is 0 Å². The van der Waals surface area contributed by atoms with E-state index in [4.69, 9.17) is 18.9 Å². The molecule has 1 aliphatic heterocycles. The maximum Gasteiger partial charge on any atom is 0.335 e. The van der Waals surface area contributed by atoms with Crippen molar-refractivity contribution in [2.75, 3.05) is 0 Å². The lowest BCUT2D eigenvalue weighted by Gasteiger charge is -2.19. The van der Waals surface area contributed by atoms with Crippen LogP contribution in [-0.2, 0) is 43.7 Å². The van der Waals surface area contributed by atoms with Crippen molar-refractivity contribution in [3.63, 3.8) is 0 Å². The largest absolute Gasteiger partial charge is 0.433 e. The van der Waals surface area contributed by atoms with Gasteiger partial charge in [0.25, 0.3) is 5.56 Å². The summed E-state index contributed by atoms with van der Waals surface area (Å²) in [5.74, 6) is -0.522. The first-order valence-electron chi connectivity index (χ1n) is 11.3. The van der Waals surface area contributed by atoms with Gasteiger partial charge in [0, 0.05) is 25.1 Å². The summed E-state index contributed by atoms with van der Waals surface area (Å²) in [5.41, 5.74) is 1.22. The number of carbonyl (C=O) groups excluding carboxylic acids is 1. The highest BCUT2D eigenvalue weighted by Crippen LogP contribution is 2.31. The fraction of sp³-hybridized carbons (Fsp3) is 0.346. The summed E-state index contributed by atoms with van der Waals surface area (Å²) in [6.45, 7) is 3.24. The van der Waals surface area contributed by atoms with Crippen molar-refractivity contribution in [2.45, 2.75) is 58.8 Å². The molecule has 1 aromatic heterocycles. The normalized spacial score (nSPS) is 19.5. The number of hydrogen-bond acceptors (Lipinski definition) is 7. The summed E-state index contributed by atoms with van der Waals surface area (Å²) in [6, 6.07) is 19.0. The third kappa shape index (κ3) is 6.13. The molecule has 1 fully saturated rings. The van der Waals surface area contributed by atoms with E-state index in [2.05, 4.69) is 0 Å². The molecule has 0 radical (unpaired) electrons. The zero-order valence-electron chi connectivity index (χ0n) is 19.7. The first-order valence-corrected chi connectivity index (χ1v) is 11.3. The van der Waals surface area contributed by atoms with Gasteiger partial charge >= 0.3 is 11.7 Å². The molecule has 0 bridgehead atoms. The lowest BCUT2D eigenvalue weighted by Crippen LogP contribution is -2.42. The number of aryl methyl sites for hydroxylation is 1. The Bertz CT molecular complexity index is 1250. The van der Waals surface area contributed by atoms with E-state index in [1.165, 1.54) is 17.7 Å². The van der Waals surface area contributed by atoms with Crippen molar-refractivity contribution in [3.8, 4) is 0 Å². The van der Waals surface area contributed by atoms with Crippen LogP contribution in [0.25, 0.3) is 0 Å². The Hall–Kier alpha value is -3.53. The molecule has 0 unspecified atom stereocenters. The summed E-state index contributed by atoms with van der Waals surface area (Å²) in [5, 5.41) is 0. The average molecular weight is 481 g/mol. The second kappa shape index (κ2) is 11.3. The van der Waals surface area contributed by atoms with Gasteiger partial charge in [-0.25, -0.2) is 9.36 Å². The second-order valence-corrected chi connectivity index (χ2v) is 8.34. The van der Waals surface area contributed by atoms with Gasteiger partial charge in [-0.2, -0.15) is 0 Å². The van der Waals surface area contributed by atoms with Gasteiger partial charge in [-0.1, -0.05) is 60.7 Å². The van der Waals surface area contributed by atoms with Crippen LogP contribution < -0.4 is 11.2 Å². The van der Waals surface area contributed by atoms with Gasteiger partial charge in [0.2, 0.25) is 6.29 Å². The van der Waals surface area contributed by atoms with Crippen molar-refractivity contribution in [1.82, 2.24) is 9.13 Å². The van der Waals surface area contributed by atoms with E-state index in [1.807, 2.05) is 60.7 Å². The summed E-state index contributed by atoms with van der Waals surface area (Å²) in [7, 11) is 0. The molecule has 2 aromatic carbocycles. The van der Waals surface area contributed by atoms with Gasteiger partial charge < -0.3 is 18.9 Å². The first kappa shape index (κ1) is 24.6. The minimum atomic E-state index is -0.983. The Morgan fingerprint density at radius 1 is 1.00 bits per heavy atom. The van der Waals surface area contributed by atoms with Gasteiger partial charge in [-0.05, 0) is 18.1 Å². The van der Waals surface area contributed by atoms with Crippen LogP contribution in [0, 0.1) is 6.92 Å². The number of hydrogen-bond donors (Lipinski definition) is 0. The summed E-state index contributed by atoms with van der Waals surface area (Å²) in [4.78, 5) is 37.5. The van der Waals surface area contributed by atoms with Crippen LogP contribution in [0.3, 0.4) is 0 Å². The van der Waals surface area contributed by atoms with E-state index in [0.29, 0.717) is 12.2 Å². The third-order valence-corrected chi connectivity index (χ3v) is 5.63. The molecule has 0 amide bonds. The van der Waals surface area contributed by atoms with E-state index in [1.54, 1.807) is 6.92 Å². The number of carbonyl (C=O) groups is 1. The van der Waals surface area contributed by atoms with Crippen molar-refractivity contribution in [3.05, 3.63) is 104 Å². The molecular formula is C26H28N2O7. The van der Waals surface area contributed by atoms with Gasteiger partial charge in [-0.15, -0.1) is 0 Å². The van der Waals surface area contributed by atoms with Crippen LogP contribution in [0.4, 0.5) is 0 Å². The molecule has 3 atom stereocenters. The molecule has 35 heavy (non-hydrogen) atoms. The Morgan fingerprint density at radius 3 is 2.26 bits per heavy atom.